The highest BCUT2D eigenvalue weighted by Crippen LogP contribution is 2.42. The lowest BCUT2D eigenvalue weighted by molar-refractivity contribution is -0.161. The molecule has 0 aromatic carbocycles. The molecule has 0 rings (SSSR count). The molecule has 0 radical (unpaired) electrons. The van der Waals surface area contributed by atoms with Gasteiger partial charge in [0.25, 0.3) is 0 Å². The predicted molar refractivity (Wildman–Crippen MR) is 225 cm³/mol. The number of rotatable bonds is 39. The molecule has 0 bridgehead atoms. The molecule has 2 atom stereocenters. The van der Waals surface area contributed by atoms with Crippen LogP contribution >= 0.6 is 7.82 Å². The van der Waals surface area contributed by atoms with E-state index < -0.39 is 26.5 Å². The first kappa shape index (κ1) is 51.8. The fourth-order valence-electron chi connectivity index (χ4n) is 5.70. The lowest BCUT2D eigenvalue weighted by atomic mass is 10.0. The van der Waals surface area contributed by atoms with Gasteiger partial charge in [0.05, 0.1) is 6.61 Å². The minimum Gasteiger partial charge on any atom is -0.462 e. The van der Waals surface area contributed by atoms with Gasteiger partial charge >= 0.3 is 19.8 Å². The van der Waals surface area contributed by atoms with E-state index in [1.54, 1.807) is 0 Å². The molecule has 0 amide bonds. The lowest BCUT2D eigenvalue weighted by Gasteiger charge is -2.19. The quantitative estimate of drug-likeness (QED) is 0.0284. The van der Waals surface area contributed by atoms with Crippen LogP contribution < -0.4 is 0 Å². The van der Waals surface area contributed by atoms with E-state index in [0.717, 1.165) is 97.0 Å². The molecule has 9 heteroatoms. The highest BCUT2D eigenvalue weighted by Gasteiger charge is 2.24. The Morgan fingerprint density at radius 2 is 0.944 bits per heavy atom. The maximum atomic E-state index is 12.5. The maximum absolute atomic E-state index is 12.5. The predicted octanol–water partition coefficient (Wildman–Crippen LogP) is 13.6. The van der Waals surface area contributed by atoms with E-state index in [0.29, 0.717) is 6.42 Å². The minimum absolute atomic E-state index is 0.233. The van der Waals surface area contributed by atoms with Crippen LogP contribution in [0.3, 0.4) is 0 Å². The number of hydrogen-bond donors (Lipinski definition) is 1. The molecule has 0 aliphatic heterocycles. The van der Waals surface area contributed by atoms with Gasteiger partial charge in [-0.15, -0.1) is 0 Å². The molecule has 0 aliphatic carbocycles. The van der Waals surface area contributed by atoms with Gasteiger partial charge in [0, 0.05) is 20.0 Å². The first-order valence-electron chi connectivity index (χ1n) is 21.5. The van der Waals surface area contributed by atoms with Crippen molar-refractivity contribution in [2.45, 2.75) is 193 Å². The molecule has 2 unspecified atom stereocenters. The normalized spacial score (nSPS) is 13.9. The van der Waals surface area contributed by atoms with Crippen molar-refractivity contribution in [1.29, 1.82) is 0 Å². The average Bonchev–Trinajstić information content (AvgIpc) is 3.16. The lowest BCUT2D eigenvalue weighted by Crippen LogP contribution is -2.29. The third-order valence-corrected chi connectivity index (χ3v) is 9.93. The van der Waals surface area contributed by atoms with E-state index in [1.165, 1.54) is 64.2 Å². The summed E-state index contributed by atoms with van der Waals surface area (Å²) in [5, 5.41) is 0. The Hall–Kier alpha value is -2.25. The molecule has 0 aromatic heterocycles. The summed E-state index contributed by atoms with van der Waals surface area (Å²) in [6, 6.07) is 0. The highest BCUT2D eigenvalue weighted by molar-refractivity contribution is 7.47. The number of phosphoric acid groups is 1. The third-order valence-electron chi connectivity index (χ3n) is 9.00. The van der Waals surface area contributed by atoms with Crippen molar-refractivity contribution in [1.82, 2.24) is 0 Å². The molecular formula is C45H79O8P. The summed E-state index contributed by atoms with van der Waals surface area (Å²) in [4.78, 5) is 34.4. The molecule has 54 heavy (non-hydrogen) atoms. The van der Waals surface area contributed by atoms with Crippen molar-refractivity contribution in [2.24, 2.45) is 0 Å². The van der Waals surface area contributed by atoms with Crippen LogP contribution in [-0.2, 0) is 32.7 Å². The second-order valence-corrected chi connectivity index (χ2v) is 15.7. The molecule has 312 valence electrons. The van der Waals surface area contributed by atoms with Gasteiger partial charge in [-0.05, 0) is 77.0 Å². The molecule has 8 nitrogen and oxygen atoms in total. The summed E-state index contributed by atoms with van der Waals surface area (Å²) in [6.45, 7) is 3.74. The molecule has 0 heterocycles. The summed E-state index contributed by atoms with van der Waals surface area (Å²) >= 11 is 0. The molecule has 1 N–H and O–H groups in total. The van der Waals surface area contributed by atoms with Crippen LogP contribution in [0.25, 0.3) is 0 Å². The number of hydrogen-bond acceptors (Lipinski definition) is 7. The van der Waals surface area contributed by atoms with Crippen LogP contribution in [0.2, 0.25) is 0 Å². The maximum Gasteiger partial charge on any atom is 0.472 e. The van der Waals surface area contributed by atoms with Gasteiger partial charge in [-0.25, -0.2) is 4.57 Å². The highest BCUT2D eigenvalue weighted by atomic mass is 31.2. The van der Waals surface area contributed by atoms with Crippen LogP contribution in [0.4, 0.5) is 0 Å². The second-order valence-electron chi connectivity index (χ2n) is 14.1. The van der Waals surface area contributed by atoms with Crippen molar-refractivity contribution in [3.05, 3.63) is 60.8 Å². The van der Waals surface area contributed by atoms with E-state index in [9.17, 15) is 19.0 Å². The van der Waals surface area contributed by atoms with Crippen LogP contribution in [0, 0.1) is 0 Å². The molecule has 0 saturated carbocycles. The zero-order valence-electron chi connectivity index (χ0n) is 34.6. The van der Waals surface area contributed by atoms with Gasteiger partial charge in [-0.1, -0.05) is 158 Å². The number of phosphoric ester groups is 1. The third kappa shape index (κ3) is 39.4. The van der Waals surface area contributed by atoms with Crippen molar-refractivity contribution in [2.75, 3.05) is 20.3 Å². The average molecular weight is 779 g/mol. The first-order valence-corrected chi connectivity index (χ1v) is 23.0. The molecule has 0 spiro atoms. The van der Waals surface area contributed by atoms with Crippen LogP contribution in [0.15, 0.2) is 60.8 Å². The number of carbonyl (C=O) groups excluding carboxylic acids is 2. The van der Waals surface area contributed by atoms with Gasteiger partial charge in [0.1, 0.15) is 6.61 Å². The van der Waals surface area contributed by atoms with E-state index in [1.807, 2.05) is 0 Å². The smallest absolute Gasteiger partial charge is 0.462 e. The molecular weight excluding hydrogens is 699 g/mol. The van der Waals surface area contributed by atoms with Crippen molar-refractivity contribution >= 4 is 19.8 Å². The molecule has 0 aliphatic rings. The van der Waals surface area contributed by atoms with E-state index in [4.69, 9.17) is 14.0 Å². The van der Waals surface area contributed by atoms with Crippen LogP contribution in [-0.4, -0.2) is 43.3 Å². The van der Waals surface area contributed by atoms with Gasteiger partial charge in [0.2, 0.25) is 0 Å². The second kappa shape index (κ2) is 40.4. The summed E-state index contributed by atoms with van der Waals surface area (Å²) < 4.78 is 32.0. The van der Waals surface area contributed by atoms with E-state index in [-0.39, 0.29) is 25.4 Å². The monoisotopic (exact) mass is 779 g/mol. The first-order chi connectivity index (χ1) is 26.3. The fraction of sp³-hybridized carbons (Fsp3) is 0.733. The van der Waals surface area contributed by atoms with Gasteiger partial charge < -0.3 is 14.4 Å². The number of allylic oxidation sites excluding steroid dienone is 10. The van der Waals surface area contributed by atoms with Crippen molar-refractivity contribution in [3.63, 3.8) is 0 Å². The van der Waals surface area contributed by atoms with E-state index >= 15 is 0 Å². The summed E-state index contributed by atoms with van der Waals surface area (Å²) in [5.74, 6) is -0.822. The Kier molecular flexibility index (Phi) is 38.7. The fourth-order valence-corrected chi connectivity index (χ4v) is 6.16. The molecule has 0 aromatic rings. The van der Waals surface area contributed by atoms with Gasteiger partial charge in [-0.2, -0.15) is 0 Å². The Bertz CT molecular complexity index is 1060. The number of ether oxygens (including phenoxy) is 2. The van der Waals surface area contributed by atoms with Crippen LogP contribution in [0.5, 0.6) is 0 Å². The number of unbranched alkanes of at least 4 members (excludes halogenated alkanes) is 18. The largest absolute Gasteiger partial charge is 0.472 e. The van der Waals surface area contributed by atoms with Crippen molar-refractivity contribution in [3.8, 4) is 0 Å². The Labute approximate surface area is 330 Å². The Morgan fingerprint density at radius 3 is 1.43 bits per heavy atom. The summed E-state index contributed by atoms with van der Waals surface area (Å²) in [7, 11) is -3.21. The Balaban J connectivity index is 3.97. The van der Waals surface area contributed by atoms with Crippen LogP contribution in [0.1, 0.15) is 187 Å². The summed E-state index contributed by atoms with van der Waals surface area (Å²) in [5.41, 5.74) is 0. The van der Waals surface area contributed by atoms with Gasteiger partial charge in [0.15, 0.2) is 6.10 Å². The Morgan fingerprint density at radius 1 is 0.537 bits per heavy atom. The minimum atomic E-state index is -4.26. The van der Waals surface area contributed by atoms with Gasteiger partial charge in [-0.3, -0.25) is 18.6 Å². The number of carbonyl (C=O) groups is 2. The zero-order valence-corrected chi connectivity index (χ0v) is 35.5. The molecule has 0 fully saturated rings. The topological polar surface area (TPSA) is 108 Å². The zero-order chi connectivity index (χ0) is 39.6. The SMILES string of the molecule is CC/C=C\C/C=C\C/C=C\C/C=C\CCCCCCCCCCCCC(=O)OC(COC(=O)CCCCCCC/C=C\CCCCC)COP(=O)(O)OC. The standard InChI is InChI=1S/C45H79O8P/c1-4-6-8-10-12-14-16-18-19-20-21-22-23-24-25-26-27-28-30-32-34-36-38-40-45(47)53-43(42-52-54(48,49)50-3)41-51-44(46)39-37-35-33-31-29-17-15-13-11-9-7-5-2/h6,8,12-15,18-19,21-22,43H,4-5,7,9-11,16-17,20,23-42H2,1-3H3,(H,48,49)/b8-6-,14-12-,15-13-,19-18-,22-21-. The number of esters is 2. The van der Waals surface area contributed by atoms with Crippen molar-refractivity contribution < 1.29 is 37.6 Å². The molecule has 0 saturated heterocycles. The van der Waals surface area contributed by atoms with E-state index in [2.05, 4.69) is 79.1 Å². The summed E-state index contributed by atoms with van der Waals surface area (Å²) in [6.07, 6.45) is 49.9.